The number of nitrogen functional groups attached to an aromatic ring is 1. The maximum absolute atomic E-state index is 5.86. The molecular weight excluding hydrogens is 224 g/mol. The zero-order chi connectivity index (χ0) is 13.0. The van der Waals surface area contributed by atoms with Crippen molar-refractivity contribution in [1.29, 1.82) is 0 Å². The smallest absolute Gasteiger partial charge is 0.122 e. The number of hydrogen-bond donors (Lipinski definition) is 1. The first-order valence-corrected chi connectivity index (χ1v) is 5.88. The Morgan fingerprint density at radius 3 is 2.50 bits per heavy atom. The van der Waals surface area contributed by atoms with E-state index in [0.29, 0.717) is 5.69 Å². The first-order chi connectivity index (χ1) is 8.69. The van der Waals surface area contributed by atoms with Gasteiger partial charge < -0.3 is 15.4 Å². The molecule has 2 aromatic rings. The summed E-state index contributed by atoms with van der Waals surface area (Å²) in [4.78, 5) is 2.15. The molecule has 0 atom stereocenters. The summed E-state index contributed by atoms with van der Waals surface area (Å²) in [6.07, 6.45) is 0. The van der Waals surface area contributed by atoms with E-state index in [-0.39, 0.29) is 0 Å². The van der Waals surface area contributed by atoms with Crippen molar-refractivity contribution in [3.63, 3.8) is 0 Å². The van der Waals surface area contributed by atoms with Crippen molar-refractivity contribution in [2.75, 3.05) is 24.8 Å². The van der Waals surface area contributed by atoms with Gasteiger partial charge in [-0.25, -0.2) is 0 Å². The molecule has 2 N–H and O–H groups in total. The van der Waals surface area contributed by atoms with Crippen LogP contribution in [0, 0.1) is 0 Å². The number of rotatable bonds is 4. The molecule has 0 saturated heterocycles. The molecule has 0 radical (unpaired) electrons. The standard InChI is InChI=1S/C15H18N2O/c1-17(11-12-6-4-3-5-7-12)14-8-13(16)9-15(10-14)18-2/h3-10H,11,16H2,1-2H3. The molecule has 0 bridgehead atoms. The van der Waals surface area contributed by atoms with Gasteiger partial charge in [-0.1, -0.05) is 30.3 Å². The average Bonchev–Trinajstić information content (AvgIpc) is 2.39. The number of hydrogen-bond acceptors (Lipinski definition) is 3. The number of methoxy groups -OCH3 is 1. The largest absolute Gasteiger partial charge is 0.497 e. The van der Waals surface area contributed by atoms with Gasteiger partial charge >= 0.3 is 0 Å². The van der Waals surface area contributed by atoms with Gasteiger partial charge in [0.25, 0.3) is 0 Å². The van der Waals surface area contributed by atoms with Gasteiger partial charge in [-0.15, -0.1) is 0 Å². The van der Waals surface area contributed by atoms with E-state index in [1.807, 2.05) is 43.4 Å². The fourth-order valence-corrected chi connectivity index (χ4v) is 1.89. The molecule has 0 aliphatic heterocycles. The van der Waals surface area contributed by atoms with Crippen LogP contribution in [0.25, 0.3) is 0 Å². The zero-order valence-electron chi connectivity index (χ0n) is 10.8. The fourth-order valence-electron chi connectivity index (χ4n) is 1.89. The summed E-state index contributed by atoms with van der Waals surface area (Å²) in [5.74, 6) is 0.782. The highest BCUT2D eigenvalue weighted by atomic mass is 16.5. The molecular formula is C15H18N2O. The summed E-state index contributed by atoms with van der Waals surface area (Å²) < 4.78 is 5.23. The third-order valence-corrected chi connectivity index (χ3v) is 2.85. The Balaban J connectivity index is 2.18. The van der Waals surface area contributed by atoms with Crippen LogP contribution in [0.5, 0.6) is 5.75 Å². The molecule has 0 aliphatic carbocycles. The lowest BCUT2D eigenvalue weighted by Gasteiger charge is -2.20. The molecule has 0 fully saturated rings. The van der Waals surface area contributed by atoms with E-state index >= 15 is 0 Å². The maximum atomic E-state index is 5.86. The van der Waals surface area contributed by atoms with Crippen LogP contribution in [-0.4, -0.2) is 14.2 Å². The van der Waals surface area contributed by atoms with Crippen molar-refractivity contribution < 1.29 is 4.74 Å². The van der Waals surface area contributed by atoms with Crippen LogP contribution in [0.4, 0.5) is 11.4 Å². The summed E-state index contributed by atoms with van der Waals surface area (Å²) in [7, 11) is 3.69. The Hall–Kier alpha value is -2.16. The highest BCUT2D eigenvalue weighted by molar-refractivity contribution is 5.60. The SMILES string of the molecule is COc1cc(N)cc(N(C)Cc2ccccc2)c1. The Kier molecular flexibility index (Phi) is 3.72. The predicted octanol–water partition coefficient (Wildman–Crippen LogP) is 2.91. The molecule has 94 valence electrons. The van der Waals surface area contributed by atoms with Crippen LogP contribution in [-0.2, 0) is 6.54 Å². The van der Waals surface area contributed by atoms with Crippen LogP contribution in [0.2, 0.25) is 0 Å². The summed E-state index contributed by atoms with van der Waals surface area (Å²) in [6.45, 7) is 0.841. The van der Waals surface area contributed by atoms with Gasteiger partial charge in [0.1, 0.15) is 5.75 Å². The van der Waals surface area contributed by atoms with E-state index in [0.717, 1.165) is 18.0 Å². The highest BCUT2D eigenvalue weighted by Gasteiger charge is 2.05. The minimum Gasteiger partial charge on any atom is -0.497 e. The molecule has 0 aliphatic rings. The van der Waals surface area contributed by atoms with Gasteiger partial charge in [-0.05, 0) is 11.6 Å². The van der Waals surface area contributed by atoms with E-state index < -0.39 is 0 Å². The second kappa shape index (κ2) is 5.45. The molecule has 0 heterocycles. The first kappa shape index (κ1) is 12.3. The summed E-state index contributed by atoms with van der Waals surface area (Å²) in [6, 6.07) is 16.1. The molecule has 3 heteroatoms. The summed E-state index contributed by atoms with van der Waals surface area (Å²) >= 11 is 0. The van der Waals surface area contributed by atoms with Gasteiger partial charge in [0, 0.05) is 37.1 Å². The van der Waals surface area contributed by atoms with Crippen molar-refractivity contribution in [2.45, 2.75) is 6.54 Å². The second-order valence-electron chi connectivity index (χ2n) is 4.31. The average molecular weight is 242 g/mol. The molecule has 0 amide bonds. The molecule has 0 unspecified atom stereocenters. The van der Waals surface area contributed by atoms with Gasteiger partial charge in [0.2, 0.25) is 0 Å². The van der Waals surface area contributed by atoms with Crippen LogP contribution in [0.15, 0.2) is 48.5 Å². The lowest BCUT2D eigenvalue weighted by molar-refractivity contribution is 0.415. The minimum absolute atomic E-state index is 0.712. The molecule has 2 rings (SSSR count). The molecule has 0 saturated carbocycles. The topological polar surface area (TPSA) is 38.5 Å². The normalized spacial score (nSPS) is 10.1. The lowest BCUT2D eigenvalue weighted by atomic mass is 10.2. The minimum atomic E-state index is 0.712. The summed E-state index contributed by atoms with van der Waals surface area (Å²) in [5, 5.41) is 0. The van der Waals surface area contributed by atoms with E-state index in [4.69, 9.17) is 10.5 Å². The third-order valence-electron chi connectivity index (χ3n) is 2.85. The Morgan fingerprint density at radius 2 is 1.83 bits per heavy atom. The van der Waals surface area contributed by atoms with E-state index in [2.05, 4.69) is 17.0 Å². The van der Waals surface area contributed by atoms with Gasteiger partial charge in [-0.2, -0.15) is 0 Å². The quantitative estimate of drug-likeness (QED) is 0.838. The van der Waals surface area contributed by atoms with Crippen LogP contribution >= 0.6 is 0 Å². The molecule has 0 aromatic heterocycles. The van der Waals surface area contributed by atoms with Gasteiger partial charge in [0.05, 0.1) is 7.11 Å². The summed E-state index contributed by atoms with van der Waals surface area (Å²) in [5.41, 5.74) is 8.89. The first-order valence-electron chi connectivity index (χ1n) is 5.88. The molecule has 18 heavy (non-hydrogen) atoms. The van der Waals surface area contributed by atoms with Crippen molar-refractivity contribution in [3.8, 4) is 5.75 Å². The Labute approximate surface area is 108 Å². The molecule has 3 nitrogen and oxygen atoms in total. The number of nitrogens with two attached hydrogens (primary N) is 1. The van der Waals surface area contributed by atoms with E-state index in [1.54, 1.807) is 7.11 Å². The molecule has 0 spiro atoms. The Bertz CT molecular complexity index is 511. The zero-order valence-corrected chi connectivity index (χ0v) is 10.8. The number of nitrogens with zero attached hydrogens (tertiary/aromatic N) is 1. The monoisotopic (exact) mass is 242 g/mol. The van der Waals surface area contributed by atoms with E-state index in [9.17, 15) is 0 Å². The van der Waals surface area contributed by atoms with Crippen LogP contribution in [0.1, 0.15) is 5.56 Å². The van der Waals surface area contributed by atoms with Crippen molar-refractivity contribution in [2.24, 2.45) is 0 Å². The fraction of sp³-hybridized carbons (Fsp3) is 0.200. The maximum Gasteiger partial charge on any atom is 0.122 e. The van der Waals surface area contributed by atoms with Crippen molar-refractivity contribution in [3.05, 3.63) is 54.1 Å². The van der Waals surface area contributed by atoms with Gasteiger partial charge in [0.15, 0.2) is 0 Å². The Morgan fingerprint density at radius 1 is 1.11 bits per heavy atom. The number of anilines is 2. The highest BCUT2D eigenvalue weighted by Crippen LogP contribution is 2.25. The van der Waals surface area contributed by atoms with Gasteiger partial charge in [-0.3, -0.25) is 0 Å². The van der Waals surface area contributed by atoms with E-state index in [1.165, 1.54) is 5.56 Å². The number of benzene rings is 2. The number of ether oxygens (including phenoxy) is 1. The van der Waals surface area contributed by atoms with Crippen molar-refractivity contribution >= 4 is 11.4 Å². The second-order valence-corrected chi connectivity index (χ2v) is 4.31. The van der Waals surface area contributed by atoms with Crippen molar-refractivity contribution in [1.82, 2.24) is 0 Å². The third kappa shape index (κ3) is 2.94. The van der Waals surface area contributed by atoms with Crippen LogP contribution < -0.4 is 15.4 Å². The molecule has 2 aromatic carbocycles. The lowest BCUT2D eigenvalue weighted by Crippen LogP contribution is -2.16. The predicted molar refractivity (Wildman–Crippen MR) is 76.0 cm³/mol. The van der Waals surface area contributed by atoms with Crippen LogP contribution in [0.3, 0.4) is 0 Å².